The molecule has 1 aliphatic rings. The Morgan fingerprint density at radius 1 is 1.30 bits per heavy atom. The second kappa shape index (κ2) is 8.29. The third kappa shape index (κ3) is 3.35. The van der Waals surface area contributed by atoms with Gasteiger partial charge < -0.3 is 24.2 Å². The molecule has 30 heavy (non-hydrogen) atoms. The molecule has 0 aliphatic carbocycles. The zero-order valence-electron chi connectivity index (χ0n) is 17.1. The number of fused-ring (bicyclic) bond motifs is 1. The van der Waals surface area contributed by atoms with Crippen LogP contribution in [0.3, 0.4) is 0 Å². The molecule has 9 nitrogen and oxygen atoms in total. The smallest absolute Gasteiger partial charge is 0.273 e. The van der Waals surface area contributed by atoms with Gasteiger partial charge in [0.1, 0.15) is 11.8 Å². The first-order valence-electron chi connectivity index (χ1n) is 9.64. The van der Waals surface area contributed by atoms with Gasteiger partial charge in [0.15, 0.2) is 11.5 Å². The van der Waals surface area contributed by atoms with Gasteiger partial charge in [0.25, 0.3) is 5.91 Å². The largest absolute Gasteiger partial charge is 0.493 e. The van der Waals surface area contributed by atoms with Crippen LogP contribution in [0.15, 0.2) is 36.7 Å². The molecule has 9 heteroatoms. The summed E-state index contributed by atoms with van der Waals surface area (Å²) in [5, 5.41) is 9.96. The van der Waals surface area contributed by atoms with E-state index < -0.39 is 12.1 Å². The first-order valence-corrected chi connectivity index (χ1v) is 9.64. The summed E-state index contributed by atoms with van der Waals surface area (Å²) in [5.41, 5.74) is 1.82. The summed E-state index contributed by atoms with van der Waals surface area (Å²) < 4.78 is 18.2. The number of aryl methyl sites for hydroxylation is 1. The molecular weight excluding hydrogens is 388 g/mol. The lowest BCUT2D eigenvalue weighted by Gasteiger charge is -2.41. The molecule has 0 radical (unpaired) electrons. The Balaban J connectivity index is 1.79. The van der Waals surface area contributed by atoms with Crippen molar-refractivity contribution in [2.45, 2.75) is 19.1 Å². The first kappa shape index (κ1) is 20.1. The molecule has 2 aromatic heterocycles. The standard InChI is InChI=1S/C21H24N4O5/c1-13-18(25-8-4-7-22-21(25)23-13)20(27)24-9-10-30-17(12-26)19(24)14-5-6-15(28-2)16(11-14)29-3/h4-8,11,17,19,26H,9-10,12H2,1-3H3. The van der Waals surface area contributed by atoms with Crippen molar-refractivity contribution in [1.82, 2.24) is 19.3 Å². The minimum absolute atomic E-state index is 0.200. The fourth-order valence-corrected chi connectivity index (χ4v) is 3.94. The molecule has 1 fully saturated rings. The maximum atomic E-state index is 13.7. The van der Waals surface area contributed by atoms with Crippen LogP contribution in [0.2, 0.25) is 0 Å². The number of aromatic nitrogens is 3. The van der Waals surface area contributed by atoms with Crippen molar-refractivity contribution in [2.24, 2.45) is 0 Å². The lowest BCUT2D eigenvalue weighted by atomic mass is 9.97. The van der Waals surface area contributed by atoms with E-state index in [4.69, 9.17) is 14.2 Å². The average Bonchev–Trinajstić information content (AvgIpc) is 3.13. The van der Waals surface area contributed by atoms with Crippen molar-refractivity contribution in [3.8, 4) is 11.5 Å². The van der Waals surface area contributed by atoms with E-state index in [0.717, 1.165) is 5.56 Å². The number of methoxy groups -OCH3 is 2. The molecule has 158 valence electrons. The molecule has 0 bridgehead atoms. The number of carbonyl (C=O) groups is 1. The molecule has 0 spiro atoms. The van der Waals surface area contributed by atoms with E-state index in [-0.39, 0.29) is 12.5 Å². The fourth-order valence-electron chi connectivity index (χ4n) is 3.94. The number of hydrogen-bond acceptors (Lipinski definition) is 7. The minimum Gasteiger partial charge on any atom is -0.493 e. The van der Waals surface area contributed by atoms with E-state index in [0.29, 0.717) is 41.8 Å². The van der Waals surface area contributed by atoms with Crippen LogP contribution in [0.1, 0.15) is 27.8 Å². The maximum Gasteiger partial charge on any atom is 0.273 e. The summed E-state index contributed by atoms with van der Waals surface area (Å²) in [4.78, 5) is 24.0. The second-order valence-corrected chi connectivity index (χ2v) is 6.99. The van der Waals surface area contributed by atoms with Gasteiger partial charge in [0.05, 0.1) is 39.2 Å². The summed E-state index contributed by atoms with van der Waals surface area (Å²) in [5.74, 6) is 1.39. The number of nitrogens with zero attached hydrogens (tertiary/aromatic N) is 4. The van der Waals surface area contributed by atoms with Gasteiger partial charge in [-0.2, -0.15) is 0 Å². The van der Waals surface area contributed by atoms with Crippen molar-refractivity contribution in [2.75, 3.05) is 34.0 Å². The number of aliphatic hydroxyl groups is 1. The van der Waals surface area contributed by atoms with Crippen LogP contribution in [-0.2, 0) is 4.74 Å². The van der Waals surface area contributed by atoms with Gasteiger partial charge in [-0.3, -0.25) is 9.20 Å². The maximum absolute atomic E-state index is 13.7. The molecule has 1 N–H and O–H groups in total. The summed E-state index contributed by atoms with van der Waals surface area (Å²) in [7, 11) is 3.12. The van der Waals surface area contributed by atoms with Gasteiger partial charge in [-0.25, -0.2) is 9.97 Å². The number of benzene rings is 1. The lowest BCUT2D eigenvalue weighted by Crippen LogP contribution is -2.49. The van der Waals surface area contributed by atoms with Crippen molar-refractivity contribution < 1.29 is 24.1 Å². The topological polar surface area (TPSA) is 98.4 Å². The Kier molecular flexibility index (Phi) is 5.56. The van der Waals surface area contributed by atoms with Crippen LogP contribution in [0.25, 0.3) is 5.78 Å². The molecule has 1 amide bonds. The van der Waals surface area contributed by atoms with Crippen LogP contribution in [-0.4, -0.2) is 70.4 Å². The highest BCUT2D eigenvalue weighted by molar-refractivity contribution is 5.95. The van der Waals surface area contributed by atoms with Crippen LogP contribution in [0.5, 0.6) is 11.5 Å². The van der Waals surface area contributed by atoms with Crippen molar-refractivity contribution in [1.29, 1.82) is 0 Å². The van der Waals surface area contributed by atoms with E-state index in [2.05, 4.69) is 9.97 Å². The van der Waals surface area contributed by atoms with Gasteiger partial charge in [0, 0.05) is 18.9 Å². The number of imidazole rings is 1. The van der Waals surface area contributed by atoms with Gasteiger partial charge in [-0.05, 0) is 30.7 Å². The monoisotopic (exact) mass is 412 g/mol. The predicted molar refractivity (Wildman–Crippen MR) is 108 cm³/mol. The van der Waals surface area contributed by atoms with Crippen LogP contribution in [0, 0.1) is 6.92 Å². The summed E-state index contributed by atoms with van der Waals surface area (Å²) in [6.45, 7) is 2.27. The zero-order chi connectivity index (χ0) is 21.3. The van der Waals surface area contributed by atoms with E-state index in [9.17, 15) is 9.90 Å². The van der Waals surface area contributed by atoms with Gasteiger partial charge >= 0.3 is 0 Å². The molecule has 1 aliphatic heterocycles. The third-order valence-corrected chi connectivity index (χ3v) is 5.32. The Bertz CT molecular complexity index is 1070. The van der Waals surface area contributed by atoms with Crippen molar-refractivity contribution in [3.05, 3.63) is 53.6 Å². The number of aliphatic hydroxyl groups excluding tert-OH is 1. The molecule has 3 aromatic rings. The SMILES string of the molecule is COc1ccc(C2C(CO)OCCN2C(=O)c2c(C)nc3ncccn23)cc1OC. The highest BCUT2D eigenvalue weighted by atomic mass is 16.5. The van der Waals surface area contributed by atoms with E-state index >= 15 is 0 Å². The molecule has 0 saturated carbocycles. The van der Waals surface area contributed by atoms with E-state index in [1.807, 2.05) is 12.1 Å². The molecule has 1 saturated heterocycles. The first-order chi connectivity index (χ1) is 14.6. The predicted octanol–water partition coefficient (Wildman–Crippen LogP) is 1.63. The van der Waals surface area contributed by atoms with Crippen LogP contribution < -0.4 is 9.47 Å². The Hall–Kier alpha value is -3.17. The molecule has 2 unspecified atom stereocenters. The number of carbonyl (C=O) groups excluding carboxylic acids is 1. The zero-order valence-corrected chi connectivity index (χ0v) is 17.1. The highest BCUT2D eigenvalue weighted by Gasteiger charge is 2.38. The van der Waals surface area contributed by atoms with Crippen molar-refractivity contribution in [3.63, 3.8) is 0 Å². The Morgan fingerprint density at radius 2 is 2.10 bits per heavy atom. The van der Waals surface area contributed by atoms with Gasteiger partial charge in [-0.15, -0.1) is 0 Å². The van der Waals surface area contributed by atoms with Gasteiger partial charge in [0.2, 0.25) is 5.78 Å². The third-order valence-electron chi connectivity index (χ3n) is 5.32. The average molecular weight is 412 g/mol. The Morgan fingerprint density at radius 3 is 2.83 bits per heavy atom. The molecular formula is C21H24N4O5. The normalized spacial score (nSPS) is 19.1. The number of ether oxygens (including phenoxy) is 3. The number of amides is 1. The molecule has 1 aromatic carbocycles. The van der Waals surface area contributed by atoms with Crippen LogP contribution in [0.4, 0.5) is 0 Å². The number of morpholine rings is 1. The van der Waals surface area contributed by atoms with Crippen LogP contribution >= 0.6 is 0 Å². The molecule has 4 rings (SSSR count). The highest BCUT2D eigenvalue weighted by Crippen LogP contribution is 2.36. The van der Waals surface area contributed by atoms with E-state index in [1.165, 1.54) is 0 Å². The van der Waals surface area contributed by atoms with E-state index in [1.54, 1.807) is 55.0 Å². The fraction of sp³-hybridized carbons (Fsp3) is 0.381. The minimum atomic E-state index is -0.571. The van der Waals surface area contributed by atoms with Gasteiger partial charge in [-0.1, -0.05) is 6.07 Å². The summed E-state index contributed by atoms with van der Waals surface area (Å²) >= 11 is 0. The second-order valence-electron chi connectivity index (χ2n) is 6.99. The van der Waals surface area contributed by atoms with Crippen molar-refractivity contribution >= 4 is 11.7 Å². The molecule has 2 atom stereocenters. The lowest BCUT2D eigenvalue weighted by molar-refractivity contribution is -0.0813. The summed E-state index contributed by atoms with van der Waals surface area (Å²) in [6, 6.07) is 6.70. The number of rotatable bonds is 5. The Labute approximate surface area is 173 Å². The summed E-state index contributed by atoms with van der Waals surface area (Å²) in [6.07, 6.45) is 2.84. The number of hydrogen-bond donors (Lipinski definition) is 1. The molecule has 3 heterocycles. The quantitative estimate of drug-likeness (QED) is 0.680.